The van der Waals surface area contributed by atoms with E-state index in [0.29, 0.717) is 17.8 Å². The Labute approximate surface area is 112 Å². The van der Waals surface area contributed by atoms with Crippen molar-refractivity contribution >= 4 is 17.5 Å². The molecule has 1 heterocycles. The Balaban J connectivity index is 2.06. The van der Waals surface area contributed by atoms with Crippen molar-refractivity contribution < 1.29 is 14.7 Å². The Morgan fingerprint density at radius 3 is 2.95 bits per heavy atom. The van der Waals surface area contributed by atoms with Gasteiger partial charge in [0.2, 0.25) is 0 Å². The van der Waals surface area contributed by atoms with Gasteiger partial charge in [-0.2, -0.15) is 0 Å². The lowest BCUT2D eigenvalue weighted by Crippen LogP contribution is -2.40. The van der Waals surface area contributed by atoms with Gasteiger partial charge in [0.25, 0.3) is 0 Å². The van der Waals surface area contributed by atoms with Gasteiger partial charge in [-0.25, -0.2) is 4.79 Å². The quantitative estimate of drug-likeness (QED) is 0.817. The third kappa shape index (κ3) is 3.12. The van der Waals surface area contributed by atoms with Gasteiger partial charge in [0.05, 0.1) is 12.6 Å². The van der Waals surface area contributed by atoms with Crippen LogP contribution in [0.1, 0.15) is 30.1 Å². The van der Waals surface area contributed by atoms with Crippen LogP contribution in [0.2, 0.25) is 0 Å². The van der Waals surface area contributed by atoms with Crippen molar-refractivity contribution in [3.63, 3.8) is 0 Å². The summed E-state index contributed by atoms with van der Waals surface area (Å²) in [5.74, 6) is -0.0366. The topological polar surface area (TPSA) is 69.6 Å². The molecule has 1 aromatic rings. The van der Waals surface area contributed by atoms with E-state index in [9.17, 15) is 14.7 Å². The highest BCUT2D eigenvalue weighted by molar-refractivity contribution is 5.96. The summed E-state index contributed by atoms with van der Waals surface area (Å²) in [6, 6.07) is 6.52. The average molecular weight is 262 g/mol. The maximum absolute atomic E-state index is 12.1. The van der Waals surface area contributed by atoms with E-state index >= 15 is 0 Å². The Kier molecular flexibility index (Phi) is 4.16. The van der Waals surface area contributed by atoms with Crippen LogP contribution >= 0.6 is 0 Å². The summed E-state index contributed by atoms with van der Waals surface area (Å²) in [7, 11) is 0. The second kappa shape index (κ2) is 5.84. The molecule has 1 aromatic carbocycles. The van der Waals surface area contributed by atoms with Gasteiger partial charge in [0.15, 0.2) is 5.78 Å². The lowest BCUT2D eigenvalue weighted by Gasteiger charge is -2.23. The Morgan fingerprint density at radius 1 is 1.47 bits per heavy atom. The molecule has 0 unspecified atom stereocenters. The van der Waals surface area contributed by atoms with Crippen molar-refractivity contribution in [1.82, 2.24) is 4.90 Å². The van der Waals surface area contributed by atoms with Crippen molar-refractivity contribution in [1.29, 1.82) is 0 Å². The highest BCUT2D eigenvalue weighted by Gasteiger charge is 2.27. The van der Waals surface area contributed by atoms with Gasteiger partial charge in [-0.05, 0) is 31.9 Å². The third-order valence-corrected chi connectivity index (χ3v) is 3.37. The summed E-state index contributed by atoms with van der Waals surface area (Å²) in [6.07, 6.45) is 1.74. The molecular formula is C14H18N2O3. The van der Waals surface area contributed by atoms with Crippen LogP contribution in [0.3, 0.4) is 0 Å². The Morgan fingerprint density at radius 2 is 2.26 bits per heavy atom. The number of nitrogens with one attached hydrogen (secondary N) is 1. The van der Waals surface area contributed by atoms with E-state index in [0.717, 1.165) is 12.8 Å². The number of aliphatic hydroxyl groups is 1. The van der Waals surface area contributed by atoms with Crippen LogP contribution < -0.4 is 5.32 Å². The van der Waals surface area contributed by atoms with Crippen molar-refractivity contribution in [2.75, 3.05) is 18.5 Å². The summed E-state index contributed by atoms with van der Waals surface area (Å²) in [4.78, 5) is 25.0. The lowest BCUT2D eigenvalue weighted by atomic mass is 10.1. The van der Waals surface area contributed by atoms with Crippen LogP contribution in [0.5, 0.6) is 0 Å². The number of nitrogens with zero attached hydrogens (tertiary/aromatic N) is 1. The number of hydrogen-bond donors (Lipinski definition) is 2. The second-order valence-electron chi connectivity index (χ2n) is 4.74. The second-order valence-corrected chi connectivity index (χ2v) is 4.74. The number of anilines is 1. The fraction of sp³-hybridized carbons (Fsp3) is 0.429. The van der Waals surface area contributed by atoms with Crippen LogP contribution in [0, 0.1) is 0 Å². The van der Waals surface area contributed by atoms with Gasteiger partial charge in [-0.3, -0.25) is 4.79 Å². The smallest absolute Gasteiger partial charge is 0.322 e. The van der Waals surface area contributed by atoms with Gasteiger partial charge in [-0.1, -0.05) is 12.1 Å². The van der Waals surface area contributed by atoms with E-state index in [1.165, 1.54) is 6.92 Å². The van der Waals surface area contributed by atoms with E-state index in [-0.39, 0.29) is 24.5 Å². The number of aliphatic hydroxyl groups excluding tert-OH is 1. The van der Waals surface area contributed by atoms with Gasteiger partial charge < -0.3 is 15.3 Å². The van der Waals surface area contributed by atoms with Crippen molar-refractivity contribution in [3.05, 3.63) is 29.8 Å². The summed E-state index contributed by atoms with van der Waals surface area (Å²) >= 11 is 0. The first kappa shape index (κ1) is 13.5. The molecule has 5 nitrogen and oxygen atoms in total. The zero-order chi connectivity index (χ0) is 13.8. The molecule has 1 aliphatic heterocycles. The molecule has 0 aromatic heterocycles. The molecule has 1 saturated heterocycles. The van der Waals surface area contributed by atoms with Crippen LogP contribution in [0.25, 0.3) is 0 Å². The molecule has 2 rings (SSSR count). The molecule has 0 radical (unpaired) electrons. The summed E-state index contributed by atoms with van der Waals surface area (Å²) in [6.45, 7) is 2.13. The summed E-state index contributed by atoms with van der Waals surface area (Å²) in [5.41, 5.74) is 1.17. The molecule has 1 atom stereocenters. The lowest BCUT2D eigenvalue weighted by molar-refractivity contribution is 0.101. The molecule has 0 aliphatic carbocycles. The largest absolute Gasteiger partial charge is 0.394 e. The molecule has 5 heteroatoms. The molecule has 19 heavy (non-hydrogen) atoms. The maximum atomic E-state index is 12.1. The number of rotatable bonds is 3. The molecule has 1 aliphatic rings. The standard InChI is InChI=1S/C14H18N2O3/c1-10(18)11-4-2-5-12(8-11)15-14(19)16-7-3-6-13(16)9-17/h2,4-5,8,13,17H,3,6-7,9H2,1H3,(H,15,19)/t13-/m0/s1. The molecule has 2 N–H and O–H groups in total. The number of benzene rings is 1. The maximum Gasteiger partial charge on any atom is 0.322 e. The first-order valence-corrected chi connectivity index (χ1v) is 6.41. The minimum atomic E-state index is -0.225. The number of urea groups is 1. The summed E-state index contributed by atoms with van der Waals surface area (Å²) in [5, 5.41) is 12.0. The predicted octanol–water partition coefficient (Wildman–Crippen LogP) is 1.88. The molecule has 0 spiro atoms. The molecule has 102 valence electrons. The highest BCUT2D eigenvalue weighted by atomic mass is 16.3. The number of carbonyl (C=O) groups excluding carboxylic acids is 2. The third-order valence-electron chi connectivity index (χ3n) is 3.37. The van der Waals surface area contributed by atoms with Gasteiger partial charge in [0, 0.05) is 17.8 Å². The predicted molar refractivity (Wildman–Crippen MR) is 72.3 cm³/mol. The monoisotopic (exact) mass is 262 g/mol. The van der Waals surface area contributed by atoms with E-state index in [4.69, 9.17) is 0 Å². The molecule has 0 bridgehead atoms. The number of amides is 2. The Hall–Kier alpha value is -1.88. The SMILES string of the molecule is CC(=O)c1cccc(NC(=O)N2CCC[C@H]2CO)c1. The van der Waals surface area contributed by atoms with E-state index in [1.54, 1.807) is 29.2 Å². The van der Waals surface area contributed by atoms with Gasteiger partial charge in [0.1, 0.15) is 0 Å². The molecule has 2 amide bonds. The first-order valence-electron chi connectivity index (χ1n) is 6.41. The van der Waals surface area contributed by atoms with Crippen LogP contribution in [0.15, 0.2) is 24.3 Å². The van der Waals surface area contributed by atoms with Gasteiger partial charge >= 0.3 is 6.03 Å². The number of ketones is 1. The van der Waals surface area contributed by atoms with E-state index < -0.39 is 0 Å². The van der Waals surface area contributed by atoms with Crippen molar-refractivity contribution in [3.8, 4) is 0 Å². The van der Waals surface area contributed by atoms with Crippen LogP contribution in [-0.4, -0.2) is 41.0 Å². The Bertz CT molecular complexity index is 487. The summed E-state index contributed by atoms with van der Waals surface area (Å²) < 4.78 is 0. The number of likely N-dealkylation sites (tertiary alicyclic amines) is 1. The average Bonchev–Trinajstić information content (AvgIpc) is 2.87. The minimum Gasteiger partial charge on any atom is -0.394 e. The number of carbonyl (C=O) groups is 2. The zero-order valence-electron chi connectivity index (χ0n) is 10.9. The number of hydrogen-bond acceptors (Lipinski definition) is 3. The molecule has 1 fully saturated rings. The molecule has 0 saturated carbocycles. The fourth-order valence-electron chi connectivity index (χ4n) is 2.30. The first-order chi connectivity index (χ1) is 9.11. The van der Waals surface area contributed by atoms with Gasteiger partial charge in [-0.15, -0.1) is 0 Å². The van der Waals surface area contributed by atoms with Crippen molar-refractivity contribution in [2.24, 2.45) is 0 Å². The normalized spacial score (nSPS) is 18.4. The van der Waals surface area contributed by atoms with Crippen molar-refractivity contribution in [2.45, 2.75) is 25.8 Å². The zero-order valence-corrected chi connectivity index (χ0v) is 10.9. The number of Topliss-reactive ketones (excluding diaryl/α,β-unsaturated/α-hetero) is 1. The molecular weight excluding hydrogens is 244 g/mol. The van der Waals surface area contributed by atoms with Crippen LogP contribution in [0.4, 0.5) is 10.5 Å². The van der Waals surface area contributed by atoms with E-state index in [2.05, 4.69) is 5.32 Å². The highest BCUT2D eigenvalue weighted by Crippen LogP contribution is 2.19. The van der Waals surface area contributed by atoms with Crippen LogP contribution in [-0.2, 0) is 0 Å². The fourth-order valence-corrected chi connectivity index (χ4v) is 2.30. The minimum absolute atomic E-state index is 0.0130. The van der Waals surface area contributed by atoms with E-state index in [1.807, 2.05) is 0 Å².